The molecule has 0 aliphatic carbocycles. The standard InChI is InChI=1S/C11H13FN2S/c1-3-8(2)13-11(15)14-10-6-4-5-9(12)7-10/h3-8H,1H2,2H3,(H2,13,14,15). The van der Waals surface area contributed by atoms with Crippen LogP contribution < -0.4 is 10.6 Å². The van der Waals surface area contributed by atoms with E-state index < -0.39 is 0 Å². The molecule has 0 spiro atoms. The Morgan fingerprint density at radius 1 is 1.60 bits per heavy atom. The number of halogens is 1. The van der Waals surface area contributed by atoms with E-state index in [1.807, 2.05) is 6.92 Å². The van der Waals surface area contributed by atoms with E-state index in [0.717, 1.165) is 0 Å². The van der Waals surface area contributed by atoms with Crippen LogP contribution in [0.15, 0.2) is 36.9 Å². The van der Waals surface area contributed by atoms with Gasteiger partial charge in [-0.05, 0) is 37.3 Å². The van der Waals surface area contributed by atoms with Crippen LogP contribution in [0.3, 0.4) is 0 Å². The van der Waals surface area contributed by atoms with Crippen molar-refractivity contribution in [2.75, 3.05) is 5.32 Å². The fraction of sp³-hybridized carbons (Fsp3) is 0.182. The van der Waals surface area contributed by atoms with E-state index >= 15 is 0 Å². The molecule has 0 fully saturated rings. The van der Waals surface area contributed by atoms with Crippen LogP contribution >= 0.6 is 12.2 Å². The molecule has 1 aromatic carbocycles. The summed E-state index contributed by atoms with van der Waals surface area (Å²) in [4.78, 5) is 0. The van der Waals surface area contributed by atoms with E-state index in [2.05, 4.69) is 17.2 Å². The third-order valence-corrected chi connectivity index (χ3v) is 2.01. The average Bonchev–Trinajstić information content (AvgIpc) is 2.17. The highest BCUT2D eigenvalue weighted by atomic mass is 32.1. The third kappa shape index (κ3) is 4.08. The summed E-state index contributed by atoms with van der Waals surface area (Å²) < 4.78 is 12.8. The predicted molar refractivity (Wildman–Crippen MR) is 65.4 cm³/mol. The molecule has 0 amide bonds. The Labute approximate surface area is 94.2 Å². The molecule has 1 unspecified atom stereocenters. The molecule has 0 radical (unpaired) electrons. The monoisotopic (exact) mass is 224 g/mol. The molecule has 4 heteroatoms. The van der Waals surface area contributed by atoms with Crippen molar-refractivity contribution in [1.29, 1.82) is 0 Å². The Kier molecular flexibility index (Phi) is 4.24. The molecule has 0 aliphatic heterocycles. The second-order valence-electron chi connectivity index (χ2n) is 3.13. The number of rotatable bonds is 3. The van der Waals surface area contributed by atoms with Crippen molar-refractivity contribution >= 4 is 23.0 Å². The van der Waals surface area contributed by atoms with E-state index in [1.165, 1.54) is 12.1 Å². The SMILES string of the molecule is C=CC(C)NC(=S)Nc1cccc(F)c1. The van der Waals surface area contributed by atoms with Crippen LogP contribution in [0.2, 0.25) is 0 Å². The van der Waals surface area contributed by atoms with Crippen LogP contribution in [0.25, 0.3) is 0 Å². The Bertz CT molecular complexity index is 365. The molecule has 1 atom stereocenters. The summed E-state index contributed by atoms with van der Waals surface area (Å²) in [5, 5.41) is 6.31. The van der Waals surface area contributed by atoms with E-state index in [-0.39, 0.29) is 11.9 Å². The second-order valence-corrected chi connectivity index (χ2v) is 3.54. The molecular formula is C11H13FN2S. The van der Waals surface area contributed by atoms with Gasteiger partial charge in [-0.1, -0.05) is 12.1 Å². The van der Waals surface area contributed by atoms with E-state index in [0.29, 0.717) is 10.8 Å². The highest BCUT2D eigenvalue weighted by Gasteiger charge is 2.00. The Morgan fingerprint density at radius 3 is 2.93 bits per heavy atom. The van der Waals surface area contributed by atoms with Crippen LogP contribution in [-0.2, 0) is 0 Å². The molecule has 2 N–H and O–H groups in total. The quantitative estimate of drug-likeness (QED) is 0.609. The summed E-state index contributed by atoms with van der Waals surface area (Å²) in [6.07, 6.45) is 1.74. The zero-order valence-corrected chi connectivity index (χ0v) is 9.27. The van der Waals surface area contributed by atoms with E-state index in [9.17, 15) is 4.39 Å². The van der Waals surface area contributed by atoms with Crippen LogP contribution in [0.5, 0.6) is 0 Å². The predicted octanol–water partition coefficient (Wildman–Crippen LogP) is 2.69. The van der Waals surface area contributed by atoms with Gasteiger partial charge in [0.05, 0.1) is 0 Å². The van der Waals surface area contributed by atoms with Crippen molar-refractivity contribution < 1.29 is 4.39 Å². The minimum Gasteiger partial charge on any atom is -0.357 e. The zero-order valence-electron chi connectivity index (χ0n) is 8.46. The lowest BCUT2D eigenvalue weighted by Crippen LogP contribution is -2.34. The molecule has 0 heterocycles. The summed E-state index contributed by atoms with van der Waals surface area (Å²) in [5.41, 5.74) is 0.628. The average molecular weight is 224 g/mol. The fourth-order valence-corrected chi connectivity index (χ4v) is 1.30. The molecule has 0 aliphatic rings. The van der Waals surface area contributed by atoms with Crippen molar-refractivity contribution in [2.24, 2.45) is 0 Å². The summed E-state index contributed by atoms with van der Waals surface area (Å²) >= 11 is 5.03. The largest absolute Gasteiger partial charge is 0.357 e. The minimum atomic E-state index is -0.292. The molecule has 0 aromatic heterocycles. The number of thiocarbonyl (C=S) groups is 1. The first-order valence-electron chi connectivity index (χ1n) is 4.57. The molecule has 0 saturated carbocycles. The van der Waals surface area contributed by atoms with Gasteiger partial charge < -0.3 is 10.6 Å². The van der Waals surface area contributed by atoms with Crippen LogP contribution in [0.1, 0.15) is 6.92 Å². The first-order chi connectivity index (χ1) is 7.11. The van der Waals surface area contributed by atoms with Gasteiger partial charge >= 0.3 is 0 Å². The normalized spacial score (nSPS) is 11.6. The number of hydrogen-bond acceptors (Lipinski definition) is 1. The molecule has 0 bridgehead atoms. The number of hydrogen-bond donors (Lipinski definition) is 2. The molecule has 1 aromatic rings. The molecule has 2 nitrogen and oxygen atoms in total. The zero-order chi connectivity index (χ0) is 11.3. The fourth-order valence-electron chi connectivity index (χ4n) is 0.999. The summed E-state index contributed by atoms with van der Waals surface area (Å²) in [6, 6.07) is 6.21. The maximum Gasteiger partial charge on any atom is 0.171 e. The molecule has 15 heavy (non-hydrogen) atoms. The van der Waals surface area contributed by atoms with Crippen molar-refractivity contribution in [2.45, 2.75) is 13.0 Å². The molecule has 80 valence electrons. The maximum atomic E-state index is 12.8. The maximum absolute atomic E-state index is 12.8. The van der Waals surface area contributed by atoms with Gasteiger partial charge in [-0.25, -0.2) is 4.39 Å². The molecule has 1 rings (SSSR count). The number of benzene rings is 1. The van der Waals surface area contributed by atoms with Crippen molar-refractivity contribution in [3.05, 3.63) is 42.7 Å². The van der Waals surface area contributed by atoms with Gasteiger partial charge in [0.15, 0.2) is 5.11 Å². The minimum absolute atomic E-state index is 0.0820. The summed E-state index contributed by atoms with van der Waals surface area (Å²) in [6.45, 7) is 5.55. The van der Waals surface area contributed by atoms with E-state index in [1.54, 1.807) is 18.2 Å². The number of nitrogens with one attached hydrogen (secondary N) is 2. The molecule has 0 saturated heterocycles. The van der Waals surface area contributed by atoms with Gasteiger partial charge in [-0.15, -0.1) is 6.58 Å². The summed E-state index contributed by atoms with van der Waals surface area (Å²) in [5.74, 6) is -0.292. The highest BCUT2D eigenvalue weighted by Crippen LogP contribution is 2.08. The summed E-state index contributed by atoms with van der Waals surface area (Å²) in [7, 11) is 0. The lowest BCUT2D eigenvalue weighted by Gasteiger charge is -2.13. The van der Waals surface area contributed by atoms with Crippen molar-refractivity contribution in [1.82, 2.24) is 5.32 Å². The Hall–Kier alpha value is -1.42. The molecular weight excluding hydrogens is 211 g/mol. The first kappa shape index (κ1) is 11.7. The van der Waals surface area contributed by atoms with E-state index in [4.69, 9.17) is 12.2 Å². The van der Waals surface area contributed by atoms with Crippen molar-refractivity contribution in [3.63, 3.8) is 0 Å². The van der Waals surface area contributed by atoms with Crippen LogP contribution in [-0.4, -0.2) is 11.2 Å². The third-order valence-electron chi connectivity index (χ3n) is 1.79. The van der Waals surface area contributed by atoms with Gasteiger partial charge in [-0.2, -0.15) is 0 Å². The van der Waals surface area contributed by atoms with Gasteiger partial charge in [0.25, 0.3) is 0 Å². The second kappa shape index (κ2) is 5.46. The van der Waals surface area contributed by atoms with Crippen molar-refractivity contribution in [3.8, 4) is 0 Å². The van der Waals surface area contributed by atoms with Crippen LogP contribution in [0, 0.1) is 5.82 Å². The van der Waals surface area contributed by atoms with Gasteiger partial charge in [0, 0.05) is 11.7 Å². The topological polar surface area (TPSA) is 24.1 Å². The van der Waals surface area contributed by atoms with Gasteiger partial charge in [-0.3, -0.25) is 0 Å². The number of anilines is 1. The van der Waals surface area contributed by atoms with Crippen LogP contribution in [0.4, 0.5) is 10.1 Å². The lowest BCUT2D eigenvalue weighted by molar-refractivity contribution is 0.628. The highest BCUT2D eigenvalue weighted by molar-refractivity contribution is 7.80. The smallest absolute Gasteiger partial charge is 0.171 e. The lowest BCUT2D eigenvalue weighted by atomic mass is 10.3. The Balaban J connectivity index is 2.55. The van der Waals surface area contributed by atoms with Gasteiger partial charge in [0.2, 0.25) is 0 Å². The first-order valence-corrected chi connectivity index (χ1v) is 4.98. The van der Waals surface area contributed by atoms with Gasteiger partial charge in [0.1, 0.15) is 5.82 Å². The Morgan fingerprint density at radius 2 is 2.33 bits per heavy atom.